The van der Waals surface area contributed by atoms with E-state index >= 15 is 0 Å². The zero-order valence-corrected chi connectivity index (χ0v) is 15.3. The van der Waals surface area contributed by atoms with Crippen LogP contribution in [0.5, 0.6) is 5.75 Å². The Morgan fingerprint density at radius 2 is 1.88 bits per heavy atom. The lowest BCUT2D eigenvalue weighted by atomic mass is 10.3. The fourth-order valence-corrected chi connectivity index (χ4v) is 2.93. The number of amides is 1. The van der Waals surface area contributed by atoms with Gasteiger partial charge in [-0.3, -0.25) is 4.79 Å². The van der Waals surface area contributed by atoms with Crippen molar-refractivity contribution in [1.82, 2.24) is 20.2 Å². The van der Waals surface area contributed by atoms with Gasteiger partial charge >= 0.3 is 0 Å². The number of rotatable bonds is 7. The highest BCUT2D eigenvalue weighted by molar-refractivity contribution is 7.99. The fourth-order valence-electron chi connectivity index (χ4n) is 2.24. The second-order valence-corrected chi connectivity index (χ2v) is 6.65. The van der Waals surface area contributed by atoms with Crippen molar-refractivity contribution in [1.29, 1.82) is 0 Å². The summed E-state index contributed by atoms with van der Waals surface area (Å²) in [5, 5.41) is 15.1. The molecule has 0 fully saturated rings. The maximum atomic E-state index is 12.3. The standard InChI is InChI=1S/C18H19N5O2S/c1-13(2)25-16-11-7-6-10-15(16)19-17(24)12-26-18-20-21-22-23(18)14-8-4-3-5-9-14/h3-11,13H,12H2,1-2H3,(H,19,24). The number of anilines is 1. The van der Waals surface area contributed by atoms with E-state index < -0.39 is 0 Å². The number of para-hydroxylation sites is 3. The van der Waals surface area contributed by atoms with E-state index in [0.29, 0.717) is 16.6 Å². The number of nitrogens with zero attached hydrogens (tertiary/aromatic N) is 4. The van der Waals surface area contributed by atoms with Gasteiger partial charge < -0.3 is 10.1 Å². The van der Waals surface area contributed by atoms with Gasteiger partial charge in [0.2, 0.25) is 11.1 Å². The van der Waals surface area contributed by atoms with Gasteiger partial charge in [0.15, 0.2) is 0 Å². The lowest BCUT2D eigenvalue weighted by molar-refractivity contribution is -0.113. The molecule has 3 aromatic rings. The first-order valence-corrected chi connectivity index (χ1v) is 9.14. The molecule has 1 N–H and O–H groups in total. The van der Waals surface area contributed by atoms with E-state index in [0.717, 1.165) is 5.69 Å². The molecule has 0 aliphatic carbocycles. The van der Waals surface area contributed by atoms with E-state index in [1.807, 2.05) is 68.4 Å². The summed E-state index contributed by atoms with van der Waals surface area (Å²) in [5.41, 5.74) is 1.49. The normalized spacial score (nSPS) is 10.7. The molecule has 0 saturated heterocycles. The van der Waals surface area contributed by atoms with Crippen LogP contribution < -0.4 is 10.1 Å². The van der Waals surface area contributed by atoms with Gasteiger partial charge in [0.1, 0.15) is 5.75 Å². The third-order valence-electron chi connectivity index (χ3n) is 3.30. The first-order chi connectivity index (χ1) is 12.6. The number of nitrogens with one attached hydrogen (secondary N) is 1. The number of carbonyl (C=O) groups is 1. The molecule has 0 spiro atoms. The Hall–Kier alpha value is -2.87. The van der Waals surface area contributed by atoms with Gasteiger partial charge in [-0.05, 0) is 48.5 Å². The van der Waals surface area contributed by atoms with Gasteiger partial charge in [-0.1, -0.05) is 42.1 Å². The number of carbonyl (C=O) groups excluding carboxylic acids is 1. The maximum Gasteiger partial charge on any atom is 0.234 e. The number of ether oxygens (including phenoxy) is 1. The van der Waals surface area contributed by atoms with Crippen LogP contribution in [0.25, 0.3) is 5.69 Å². The molecule has 3 rings (SSSR count). The Labute approximate surface area is 155 Å². The summed E-state index contributed by atoms with van der Waals surface area (Å²) in [6, 6.07) is 16.9. The van der Waals surface area contributed by atoms with Crippen molar-refractivity contribution in [3.05, 3.63) is 54.6 Å². The van der Waals surface area contributed by atoms with Gasteiger partial charge in [-0.2, -0.15) is 4.68 Å². The first-order valence-electron chi connectivity index (χ1n) is 8.15. The molecule has 0 unspecified atom stereocenters. The number of benzene rings is 2. The minimum absolute atomic E-state index is 0.0259. The van der Waals surface area contributed by atoms with E-state index in [4.69, 9.17) is 4.74 Å². The predicted molar refractivity (Wildman–Crippen MR) is 101 cm³/mol. The van der Waals surface area contributed by atoms with Crippen molar-refractivity contribution < 1.29 is 9.53 Å². The van der Waals surface area contributed by atoms with Gasteiger partial charge in [-0.25, -0.2) is 0 Å². The van der Waals surface area contributed by atoms with Crippen LogP contribution in [0.1, 0.15) is 13.8 Å². The Morgan fingerprint density at radius 3 is 2.65 bits per heavy atom. The summed E-state index contributed by atoms with van der Waals surface area (Å²) in [5.74, 6) is 0.677. The molecule has 8 heteroatoms. The number of hydrogen-bond donors (Lipinski definition) is 1. The van der Waals surface area contributed by atoms with Crippen molar-refractivity contribution in [2.45, 2.75) is 25.1 Å². The van der Waals surface area contributed by atoms with E-state index in [1.165, 1.54) is 11.8 Å². The number of hydrogen-bond acceptors (Lipinski definition) is 6. The monoisotopic (exact) mass is 369 g/mol. The van der Waals surface area contributed by atoms with Gasteiger partial charge in [0, 0.05) is 0 Å². The third kappa shape index (κ3) is 4.60. The highest BCUT2D eigenvalue weighted by atomic mass is 32.2. The largest absolute Gasteiger partial charge is 0.489 e. The van der Waals surface area contributed by atoms with E-state index in [9.17, 15) is 4.79 Å². The summed E-state index contributed by atoms with van der Waals surface area (Å²) in [6.45, 7) is 3.88. The lowest BCUT2D eigenvalue weighted by Gasteiger charge is -2.14. The average Bonchev–Trinajstić information content (AvgIpc) is 3.10. The van der Waals surface area contributed by atoms with E-state index in [2.05, 4.69) is 20.8 Å². The van der Waals surface area contributed by atoms with Gasteiger partial charge in [0.05, 0.1) is 23.2 Å². The summed E-state index contributed by atoms with van der Waals surface area (Å²) >= 11 is 1.27. The van der Waals surface area contributed by atoms with Crippen LogP contribution in [0.3, 0.4) is 0 Å². The van der Waals surface area contributed by atoms with Crippen LogP contribution in [0.15, 0.2) is 59.8 Å². The zero-order chi connectivity index (χ0) is 18.4. The molecule has 1 amide bonds. The molecule has 26 heavy (non-hydrogen) atoms. The quantitative estimate of drug-likeness (QED) is 0.644. The molecular formula is C18H19N5O2S. The Bertz CT molecular complexity index is 867. The smallest absolute Gasteiger partial charge is 0.234 e. The number of tetrazole rings is 1. The molecule has 1 heterocycles. The van der Waals surface area contributed by atoms with Crippen LogP contribution in [0, 0.1) is 0 Å². The third-order valence-corrected chi connectivity index (χ3v) is 4.22. The Morgan fingerprint density at radius 1 is 1.15 bits per heavy atom. The van der Waals surface area contributed by atoms with E-state index in [1.54, 1.807) is 4.68 Å². The van der Waals surface area contributed by atoms with Crippen LogP contribution in [0.4, 0.5) is 5.69 Å². The van der Waals surface area contributed by atoms with Crippen molar-refractivity contribution in [2.24, 2.45) is 0 Å². The Balaban J connectivity index is 1.64. The molecule has 2 aromatic carbocycles. The molecule has 0 saturated carbocycles. The van der Waals surface area contributed by atoms with Crippen molar-refractivity contribution in [3.63, 3.8) is 0 Å². The summed E-state index contributed by atoms with van der Waals surface area (Å²) in [4.78, 5) is 12.3. The molecule has 0 aliphatic heterocycles. The molecule has 134 valence electrons. The van der Waals surface area contributed by atoms with Crippen LogP contribution in [-0.4, -0.2) is 38.0 Å². The molecule has 0 aliphatic rings. The topological polar surface area (TPSA) is 81.9 Å². The van der Waals surface area contributed by atoms with Crippen LogP contribution >= 0.6 is 11.8 Å². The summed E-state index contributed by atoms with van der Waals surface area (Å²) < 4.78 is 7.32. The van der Waals surface area contributed by atoms with Crippen LogP contribution in [0.2, 0.25) is 0 Å². The first kappa shape index (κ1) is 17.9. The molecular weight excluding hydrogens is 350 g/mol. The van der Waals surface area contributed by atoms with Crippen molar-refractivity contribution in [3.8, 4) is 11.4 Å². The lowest BCUT2D eigenvalue weighted by Crippen LogP contribution is -2.16. The number of aromatic nitrogens is 4. The van der Waals surface area contributed by atoms with Gasteiger partial charge in [-0.15, -0.1) is 5.10 Å². The molecule has 1 aromatic heterocycles. The predicted octanol–water partition coefficient (Wildman–Crippen LogP) is 3.18. The highest BCUT2D eigenvalue weighted by Gasteiger charge is 2.13. The molecule has 0 atom stereocenters. The molecule has 0 bridgehead atoms. The minimum Gasteiger partial charge on any atom is -0.489 e. The second kappa shape index (κ2) is 8.48. The Kier molecular flexibility index (Phi) is 5.85. The van der Waals surface area contributed by atoms with E-state index in [-0.39, 0.29) is 17.8 Å². The average molecular weight is 369 g/mol. The summed E-state index contributed by atoms with van der Waals surface area (Å²) in [6.07, 6.45) is 0.0259. The summed E-state index contributed by atoms with van der Waals surface area (Å²) in [7, 11) is 0. The van der Waals surface area contributed by atoms with Crippen molar-refractivity contribution >= 4 is 23.4 Å². The zero-order valence-electron chi connectivity index (χ0n) is 14.5. The molecule has 0 radical (unpaired) electrons. The molecule has 7 nitrogen and oxygen atoms in total. The SMILES string of the molecule is CC(C)Oc1ccccc1NC(=O)CSc1nnnn1-c1ccccc1. The van der Waals surface area contributed by atoms with Gasteiger partial charge in [0.25, 0.3) is 0 Å². The number of thioether (sulfide) groups is 1. The highest BCUT2D eigenvalue weighted by Crippen LogP contribution is 2.25. The fraction of sp³-hybridized carbons (Fsp3) is 0.222. The van der Waals surface area contributed by atoms with Crippen LogP contribution in [-0.2, 0) is 4.79 Å². The minimum atomic E-state index is -0.155. The maximum absolute atomic E-state index is 12.3. The van der Waals surface area contributed by atoms with Crippen molar-refractivity contribution in [2.75, 3.05) is 11.1 Å². The second-order valence-electron chi connectivity index (χ2n) is 5.71.